The molecular formula is C27H22N6O4. The molecule has 1 aromatic heterocycles. The van der Waals surface area contributed by atoms with Gasteiger partial charge in [-0.2, -0.15) is 10.5 Å². The highest BCUT2D eigenvalue weighted by molar-refractivity contribution is 6.13. The Balaban J connectivity index is 1.61. The van der Waals surface area contributed by atoms with Crippen molar-refractivity contribution in [3.63, 3.8) is 0 Å². The number of hydrogen-bond donors (Lipinski definition) is 0. The number of nitriles is 2. The maximum Gasteiger partial charge on any atom is 0.444 e. The lowest BCUT2D eigenvalue weighted by Gasteiger charge is -2.15. The lowest BCUT2D eigenvalue weighted by atomic mass is 9.98. The molecule has 1 heterocycles. The number of fused-ring (bicyclic) bond motifs is 3. The molecule has 10 heteroatoms. The molecule has 4 rings (SSSR count). The van der Waals surface area contributed by atoms with Crippen LogP contribution in [-0.4, -0.2) is 46.2 Å². The summed E-state index contributed by atoms with van der Waals surface area (Å²) in [5, 5.41) is 26.8. The molecule has 1 aliphatic carbocycles. The summed E-state index contributed by atoms with van der Waals surface area (Å²) in [5.74, 6) is 0. The fourth-order valence-corrected chi connectivity index (χ4v) is 3.95. The summed E-state index contributed by atoms with van der Waals surface area (Å²) in [4.78, 5) is 35.5. The second kappa shape index (κ2) is 11.0. The van der Waals surface area contributed by atoms with Gasteiger partial charge in [0, 0.05) is 36.6 Å². The van der Waals surface area contributed by atoms with Crippen molar-refractivity contribution in [1.82, 2.24) is 9.47 Å². The molecule has 0 saturated carbocycles. The van der Waals surface area contributed by atoms with Gasteiger partial charge < -0.3 is 4.90 Å². The Morgan fingerprint density at radius 1 is 0.892 bits per heavy atom. The van der Waals surface area contributed by atoms with Crippen LogP contribution in [0.1, 0.15) is 36.1 Å². The monoisotopic (exact) mass is 494 g/mol. The highest BCUT2D eigenvalue weighted by Crippen LogP contribution is 2.38. The van der Waals surface area contributed by atoms with Crippen molar-refractivity contribution in [3.8, 4) is 23.3 Å². The van der Waals surface area contributed by atoms with Crippen LogP contribution in [0.25, 0.3) is 11.1 Å². The minimum absolute atomic E-state index is 0.0379. The first kappa shape index (κ1) is 24.9. The number of hydrogen-bond acceptors (Lipinski definition) is 8. The van der Waals surface area contributed by atoms with Crippen LogP contribution in [0.5, 0.6) is 0 Å². The fraction of sp³-hybridized carbons (Fsp3) is 0.185. The molecule has 2 aromatic carbocycles. The molecule has 37 heavy (non-hydrogen) atoms. The van der Waals surface area contributed by atoms with Gasteiger partial charge in [0.2, 0.25) is 0 Å². The highest BCUT2D eigenvalue weighted by Gasteiger charge is 2.22. The molecule has 3 aromatic rings. The summed E-state index contributed by atoms with van der Waals surface area (Å²) in [7, 11) is 0. The normalized spacial score (nSPS) is 12.1. The van der Waals surface area contributed by atoms with E-state index in [0.29, 0.717) is 30.6 Å². The number of amides is 1. The summed E-state index contributed by atoms with van der Waals surface area (Å²) in [6.45, 7) is 4.57. The van der Waals surface area contributed by atoms with Crippen LogP contribution in [0, 0.1) is 22.7 Å². The lowest BCUT2D eigenvalue weighted by Crippen LogP contribution is -2.30. The minimum atomic E-state index is -0.737. The Morgan fingerprint density at radius 2 is 1.41 bits per heavy atom. The number of carbonyl (C=O) groups excluding carboxylic acids is 2. The molecule has 184 valence electrons. The van der Waals surface area contributed by atoms with Crippen LogP contribution < -0.4 is 0 Å². The van der Waals surface area contributed by atoms with Crippen LogP contribution in [0.3, 0.4) is 0 Å². The average molecular weight is 495 g/mol. The molecule has 0 aliphatic heterocycles. The van der Waals surface area contributed by atoms with Gasteiger partial charge in [0.15, 0.2) is 11.4 Å². The average Bonchev–Trinajstić information content (AvgIpc) is 3.58. The summed E-state index contributed by atoms with van der Waals surface area (Å²) in [6.07, 6.45) is 2.32. The first-order valence-electron chi connectivity index (χ1n) is 11.5. The molecule has 0 radical (unpaired) electrons. The summed E-state index contributed by atoms with van der Waals surface area (Å²) < 4.78 is 1.20. The number of benzene rings is 2. The molecule has 0 unspecified atom stereocenters. The zero-order valence-electron chi connectivity index (χ0n) is 20.2. The van der Waals surface area contributed by atoms with E-state index in [-0.39, 0.29) is 11.4 Å². The molecule has 0 saturated heterocycles. The molecule has 0 bridgehead atoms. The molecular weight excluding hydrogens is 472 g/mol. The molecule has 1 aliphatic rings. The number of oxime groups is 2. The molecule has 0 atom stereocenters. The van der Waals surface area contributed by atoms with Crippen molar-refractivity contribution in [2.45, 2.75) is 20.3 Å². The van der Waals surface area contributed by atoms with Gasteiger partial charge in [-0.05, 0) is 66.8 Å². The van der Waals surface area contributed by atoms with E-state index in [9.17, 15) is 20.1 Å². The number of nitrogens with zero attached hydrogens (tertiary/aromatic N) is 6. The van der Waals surface area contributed by atoms with Crippen molar-refractivity contribution in [2.75, 3.05) is 13.1 Å². The predicted octanol–water partition coefficient (Wildman–Crippen LogP) is 4.68. The molecule has 10 nitrogen and oxygen atoms in total. The highest BCUT2D eigenvalue weighted by atomic mass is 16.7. The maximum absolute atomic E-state index is 12.1. The van der Waals surface area contributed by atoms with Crippen LogP contribution in [0.15, 0.2) is 71.2 Å². The maximum atomic E-state index is 12.1. The van der Waals surface area contributed by atoms with E-state index in [2.05, 4.69) is 10.3 Å². The summed E-state index contributed by atoms with van der Waals surface area (Å²) in [6, 6.07) is 18.1. The number of rotatable bonds is 6. The summed E-state index contributed by atoms with van der Waals surface area (Å²) >= 11 is 0. The largest absolute Gasteiger partial charge is 0.444 e. The third-order valence-electron chi connectivity index (χ3n) is 5.92. The third-order valence-corrected chi connectivity index (χ3v) is 5.92. The molecule has 1 amide bonds. The number of aromatic nitrogens is 1. The van der Waals surface area contributed by atoms with Crippen LogP contribution >= 0.6 is 0 Å². The Bertz CT molecular complexity index is 1490. The first-order valence-corrected chi connectivity index (χ1v) is 11.5. The predicted molar refractivity (Wildman–Crippen MR) is 135 cm³/mol. The molecule has 0 spiro atoms. The van der Waals surface area contributed by atoms with E-state index < -0.39 is 12.2 Å². The quantitative estimate of drug-likeness (QED) is 0.217. The van der Waals surface area contributed by atoms with Gasteiger partial charge in [0.25, 0.3) is 0 Å². The van der Waals surface area contributed by atoms with Crippen molar-refractivity contribution in [1.29, 1.82) is 10.5 Å². The molecule has 0 N–H and O–H groups in total. The van der Waals surface area contributed by atoms with Crippen LogP contribution in [0.2, 0.25) is 0 Å². The Hall–Kier alpha value is -5.22. The smallest absolute Gasteiger partial charge is 0.307 e. The van der Waals surface area contributed by atoms with Gasteiger partial charge in [-0.25, -0.2) is 9.59 Å². The Morgan fingerprint density at radius 3 is 1.89 bits per heavy atom. The van der Waals surface area contributed by atoms with E-state index in [4.69, 9.17) is 9.68 Å². The third kappa shape index (κ3) is 5.24. The van der Waals surface area contributed by atoms with Gasteiger partial charge in [-0.15, -0.1) is 0 Å². The zero-order chi connectivity index (χ0) is 26.4. The van der Waals surface area contributed by atoms with Crippen molar-refractivity contribution >= 4 is 23.6 Å². The second-order valence-corrected chi connectivity index (χ2v) is 8.00. The van der Waals surface area contributed by atoms with E-state index >= 15 is 0 Å². The van der Waals surface area contributed by atoms with E-state index in [1.807, 2.05) is 38.1 Å². The topological polar surface area (TPSA) is 133 Å². The van der Waals surface area contributed by atoms with Crippen molar-refractivity contribution in [2.24, 2.45) is 10.3 Å². The standard InChI is InChI=1S/C27H22N6O4/c1-3-32(4-2)26(34)36-30-24(16-28)20-9-7-18-13-19-8-10-21(15-23(19)22(18)14-20)25(17-29)31-37-27(35)33-11-5-6-12-33/h5-12,14-15H,3-4,13H2,1-2H3/b30-24+,31-25+. The van der Waals surface area contributed by atoms with E-state index in [1.165, 1.54) is 21.9 Å². The van der Waals surface area contributed by atoms with Gasteiger partial charge in [-0.1, -0.05) is 34.6 Å². The van der Waals surface area contributed by atoms with Crippen molar-refractivity contribution in [3.05, 3.63) is 83.2 Å². The van der Waals surface area contributed by atoms with Crippen LogP contribution in [0.4, 0.5) is 9.59 Å². The second-order valence-electron chi connectivity index (χ2n) is 8.00. The summed E-state index contributed by atoms with van der Waals surface area (Å²) in [5.41, 5.74) is 4.63. The fourth-order valence-electron chi connectivity index (χ4n) is 3.95. The van der Waals surface area contributed by atoms with Crippen LogP contribution in [-0.2, 0) is 16.1 Å². The van der Waals surface area contributed by atoms with E-state index in [0.717, 1.165) is 22.3 Å². The minimum Gasteiger partial charge on any atom is -0.307 e. The first-order chi connectivity index (χ1) is 18.0. The lowest BCUT2D eigenvalue weighted by molar-refractivity contribution is 0.110. The van der Waals surface area contributed by atoms with Crippen molar-refractivity contribution < 1.29 is 19.3 Å². The Kier molecular flexibility index (Phi) is 7.41. The molecule has 0 fully saturated rings. The number of carbonyl (C=O) groups is 2. The van der Waals surface area contributed by atoms with E-state index in [1.54, 1.807) is 36.4 Å². The van der Waals surface area contributed by atoms with Gasteiger partial charge >= 0.3 is 12.2 Å². The van der Waals surface area contributed by atoms with Gasteiger partial charge in [-0.3, -0.25) is 14.2 Å². The van der Waals surface area contributed by atoms with Gasteiger partial charge in [0.05, 0.1) is 0 Å². The SMILES string of the molecule is CCN(CC)C(=O)O/N=C(\C#N)c1ccc2c(c1)-c1cc(/C(C#N)=N/OC(=O)n3cccc3)ccc1C2. The Labute approximate surface area is 213 Å². The van der Waals surface area contributed by atoms with Gasteiger partial charge in [0.1, 0.15) is 12.1 Å². The zero-order valence-corrected chi connectivity index (χ0v) is 20.2.